The Morgan fingerprint density at radius 2 is 0.800 bits per heavy atom. The molecule has 0 radical (unpaired) electrons. The van der Waals surface area contributed by atoms with Crippen molar-refractivity contribution in [3.05, 3.63) is 138 Å². The summed E-state index contributed by atoms with van der Waals surface area (Å²) in [5, 5.41) is 10.7. The maximum absolute atomic E-state index is 10.7. The molecule has 4 aromatic rings. The zero-order chi connectivity index (χ0) is 23.0. The van der Waals surface area contributed by atoms with Gasteiger partial charge in [0.2, 0.25) is 0 Å². The fourth-order valence-corrected chi connectivity index (χ4v) is 3.39. The molecular formula is C26H20K3O5P. The van der Waals surface area contributed by atoms with Gasteiger partial charge in [0.1, 0.15) is 5.75 Å². The van der Waals surface area contributed by atoms with Crippen LogP contribution in [0.5, 0.6) is 5.75 Å². The van der Waals surface area contributed by atoms with Crippen molar-refractivity contribution in [2.24, 2.45) is 0 Å². The summed E-state index contributed by atoms with van der Waals surface area (Å²) in [7, 11) is -5.39. The van der Waals surface area contributed by atoms with Crippen LogP contribution in [-0.2, 0) is 4.57 Å². The van der Waals surface area contributed by atoms with Crippen molar-refractivity contribution in [1.82, 2.24) is 0 Å². The minimum Gasteiger partial charge on any atom is -0.822 e. The predicted molar refractivity (Wildman–Crippen MR) is 120 cm³/mol. The van der Waals surface area contributed by atoms with Crippen LogP contribution < -0.4 is 169 Å². The predicted octanol–water partition coefficient (Wildman–Crippen LogP) is -5.41. The van der Waals surface area contributed by atoms with E-state index in [-0.39, 0.29) is 160 Å². The Balaban J connectivity index is 0.00000132. The van der Waals surface area contributed by atoms with Gasteiger partial charge in [-0.05, 0) is 28.3 Å². The van der Waals surface area contributed by atoms with Gasteiger partial charge >= 0.3 is 154 Å². The summed E-state index contributed by atoms with van der Waals surface area (Å²) in [6.45, 7) is 0. The molecule has 0 fully saturated rings. The molecule has 0 saturated heterocycles. The summed E-state index contributed by atoms with van der Waals surface area (Å²) in [5.74, 6) is 0.278. The smallest absolute Gasteiger partial charge is 0.822 e. The third-order valence-corrected chi connectivity index (χ3v) is 4.61. The average Bonchev–Trinajstić information content (AvgIpc) is 2.79. The van der Waals surface area contributed by atoms with E-state index in [0.717, 1.165) is 33.4 Å². The van der Waals surface area contributed by atoms with Crippen LogP contribution in [0.2, 0.25) is 0 Å². The van der Waals surface area contributed by atoms with E-state index in [1.54, 1.807) is 6.07 Å². The quantitative estimate of drug-likeness (QED) is 0.152. The minimum absolute atomic E-state index is 0. The summed E-state index contributed by atoms with van der Waals surface area (Å²) < 4.78 is 8.55. The second-order valence-corrected chi connectivity index (χ2v) is 7.71. The number of hydrogen-bond acceptors (Lipinski definition) is 5. The molecule has 0 amide bonds. The Morgan fingerprint density at radius 3 is 1.14 bits per heavy atom. The normalized spacial score (nSPS) is 9.69. The van der Waals surface area contributed by atoms with Crippen LogP contribution in [0.25, 0.3) is 11.1 Å². The summed E-state index contributed by atoms with van der Waals surface area (Å²) in [6, 6.07) is 38.5. The van der Waals surface area contributed by atoms with Crippen molar-refractivity contribution in [2.45, 2.75) is 0 Å². The van der Waals surface area contributed by atoms with Gasteiger partial charge in [0.25, 0.3) is 0 Å². The monoisotopic (exact) mass is 560 g/mol. The first-order valence-electron chi connectivity index (χ1n) is 9.76. The average molecular weight is 561 g/mol. The Bertz CT molecular complexity index is 1180. The molecule has 9 heteroatoms. The van der Waals surface area contributed by atoms with Crippen LogP contribution in [-0.4, -0.2) is 5.11 Å². The topological polar surface area (TPSA) is 106 Å². The molecule has 0 spiro atoms. The SMILES string of the molecule is O=P([O-])([O-])[O-].Oc1ccccc1C(=C(c1ccccc1)c1ccccc1)c1ccccc1.[K+].[K+].[K+]. The van der Waals surface area contributed by atoms with Crippen LogP contribution >= 0.6 is 7.82 Å². The van der Waals surface area contributed by atoms with Crippen molar-refractivity contribution < 1.29 is 179 Å². The third kappa shape index (κ3) is 12.4. The van der Waals surface area contributed by atoms with E-state index in [9.17, 15) is 5.11 Å². The Hall–Kier alpha value is 1.44. The molecular weight excluding hydrogens is 541 g/mol. The minimum atomic E-state index is -5.39. The van der Waals surface area contributed by atoms with Gasteiger partial charge in [-0.25, -0.2) is 0 Å². The second kappa shape index (κ2) is 18.7. The van der Waals surface area contributed by atoms with Crippen LogP contribution in [0.1, 0.15) is 22.3 Å². The molecule has 0 aromatic heterocycles. The van der Waals surface area contributed by atoms with E-state index in [1.165, 1.54) is 0 Å². The maximum Gasteiger partial charge on any atom is 1.00 e. The molecule has 0 unspecified atom stereocenters. The van der Waals surface area contributed by atoms with E-state index >= 15 is 0 Å². The fourth-order valence-electron chi connectivity index (χ4n) is 3.39. The molecule has 0 aliphatic rings. The summed E-state index contributed by atoms with van der Waals surface area (Å²) in [4.78, 5) is 25.6. The molecule has 4 aromatic carbocycles. The van der Waals surface area contributed by atoms with Crippen molar-refractivity contribution in [2.75, 3.05) is 0 Å². The molecule has 0 atom stereocenters. The number of phenols is 1. The van der Waals surface area contributed by atoms with Gasteiger partial charge in [-0.3, -0.25) is 0 Å². The Kier molecular flexibility index (Phi) is 19.4. The molecule has 0 aliphatic heterocycles. The Labute approximate surface area is 333 Å². The summed E-state index contributed by atoms with van der Waals surface area (Å²) in [6.07, 6.45) is 0. The van der Waals surface area contributed by atoms with Crippen molar-refractivity contribution in [1.29, 1.82) is 0 Å². The zero-order valence-electron chi connectivity index (χ0n) is 20.0. The molecule has 162 valence electrons. The fraction of sp³-hybridized carbons (Fsp3) is 0. The van der Waals surface area contributed by atoms with Gasteiger partial charge in [-0.2, -0.15) is 7.82 Å². The van der Waals surface area contributed by atoms with Crippen LogP contribution in [0.4, 0.5) is 0 Å². The zero-order valence-corrected chi connectivity index (χ0v) is 30.3. The molecule has 0 heterocycles. The Morgan fingerprint density at radius 1 is 0.514 bits per heavy atom. The largest absolute Gasteiger partial charge is 1.00 e. The van der Waals surface area contributed by atoms with Gasteiger partial charge in [-0.15, -0.1) is 0 Å². The molecule has 5 nitrogen and oxygen atoms in total. The summed E-state index contributed by atoms with van der Waals surface area (Å²) in [5.41, 5.74) is 6.25. The maximum atomic E-state index is 10.7. The van der Waals surface area contributed by atoms with E-state index in [1.807, 2.05) is 72.8 Å². The van der Waals surface area contributed by atoms with Gasteiger partial charge in [0.05, 0.1) is 0 Å². The molecule has 0 saturated carbocycles. The number of para-hydroxylation sites is 1. The van der Waals surface area contributed by atoms with Gasteiger partial charge in [0, 0.05) is 11.1 Å². The number of benzene rings is 4. The molecule has 35 heavy (non-hydrogen) atoms. The van der Waals surface area contributed by atoms with Crippen molar-refractivity contribution >= 4 is 19.0 Å². The number of aromatic hydroxyl groups is 1. The van der Waals surface area contributed by atoms with Gasteiger partial charge < -0.3 is 24.4 Å². The number of rotatable bonds is 4. The van der Waals surface area contributed by atoms with Crippen molar-refractivity contribution in [3.8, 4) is 5.75 Å². The number of hydrogen-bond donors (Lipinski definition) is 1. The molecule has 1 N–H and O–H groups in total. The van der Waals surface area contributed by atoms with Gasteiger partial charge in [-0.1, -0.05) is 109 Å². The first-order chi connectivity index (χ1) is 15.3. The van der Waals surface area contributed by atoms with Crippen molar-refractivity contribution in [3.63, 3.8) is 0 Å². The molecule has 0 aliphatic carbocycles. The first-order valence-corrected chi connectivity index (χ1v) is 11.2. The van der Waals surface area contributed by atoms with E-state index in [0.29, 0.717) is 0 Å². The van der Waals surface area contributed by atoms with E-state index in [4.69, 9.17) is 19.2 Å². The van der Waals surface area contributed by atoms with Crippen LogP contribution in [0.15, 0.2) is 115 Å². The summed E-state index contributed by atoms with van der Waals surface area (Å²) >= 11 is 0. The molecule has 0 bridgehead atoms. The number of phenolic OH excluding ortho intramolecular Hbond substituents is 1. The molecule has 4 rings (SSSR count). The van der Waals surface area contributed by atoms with E-state index < -0.39 is 7.82 Å². The number of phosphoric acid groups is 1. The second-order valence-electron chi connectivity index (χ2n) is 6.81. The van der Waals surface area contributed by atoms with Crippen LogP contribution in [0, 0.1) is 0 Å². The third-order valence-electron chi connectivity index (χ3n) is 4.61. The first kappa shape index (κ1) is 36.4. The van der Waals surface area contributed by atoms with Crippen LogP contribution in [0.3, 0.4) is 0 Å². The van der Waals surface area contributed by atoms with E-state index in [2.05, 4.69) is 36.4 Å². The van der Waals surface area contributed by atoms with Gasteiger partial charge in [0.15, 0.2) is 0 Å². The standard InChI is InChI=1S/C26H20O.3K.H3O4P/c27-24-19-11-10-18-23(24)26(22-16-8-3-9-17-22)25(20-12-4-1-5-13-20)21-14-6-2-7-15-21;;;;1-5(2,3)4/h1-19,27H;;;;(H3,1,2,3,4)/q;3*+1;/p-3.